The number of thioether (sulfide) groups is 1. The Hall–Kier alpha value is -1.92. The maximum atomic E-state index is 12.9. The Morgan fingerprint density at radius 2 is 1.89 bits per heavy atom. The highest BCUT2D eigenvalue weighted by Gasteiger charge is 2.43. The van der Waals surface area contributed by atoms with Crippen LogP contribution in [0.2, 0.25) is 0 Å². The predicted octanol–water partition coefficient (Wildman–Crippen LogP) is 2.38. The van der Waals surface area contributed by atoms with Gasteiger partial charge in [-0.15, -0.1) is 0 Å². The highest BCUT2D eigenvalue weighted by molar-refractivity contribution is 9.10. The molecule has 0 spiro atoms. The van der Waals surface area contributed by atoms with Crippen molar-refractivity contribution in [3.8, 4) is 11.5 Å². The number of carbonyl (C=O) groups excluding carboxylic acids is 2. The summed E-state index contributed by atoms with van der Waals surface area (Å²) in [6.45, 7) is -0.0357. The second-order valence-corrected chi connectivity index (χ2v) is 9.51. The zero-order valence-electron chi connectivity index (χ0n) is 14.2. The molecule has 1 saturated heterocycles. The van der Waals surface area contributed by atoms with E-state index < -0.39 is 27.1 Å². The number of nitrogens with one attached hydrogen (secondary N) is 1. The average Bonchev–Trinajstić information content (AvgIpc) is 2.69. The summed E-state index contributed by atoms with van der Waals surface area (Å²) in [6.07, 6.45) is 0. The van der Waals surface area contributed by atoms with Gasteiger partial charge in [-0.2, -0.15) is 4.31 Å². The van der Waals surface area contributed by atoms with E-state index in [2.05, 4.69) is 15.9 Å². The summed E-state index contributed by atoms with van der Waals surface area (Å²) in [4.78, 5) is 23.8. The van der Waals surface area contributed by atoms with Crippen molar-refractivity contribution >= 4 is 48.7 Å². The van der Waals surface area contributed by atoms with E-state index in [1.54, 1.807) is 12.1 Å². The Morgan fingerprint density at radius 3 is 2.54 bits per heavy atom. The van der Waals surface area contributed by atoms with Gasteiger partial charge in [0.15, 0.2) is 6.04 Å². The monoisotopic (exact) mass is 486 g/mol. The minimum absolute atomic E-state index is 0.0357. The van der Waals surface area contributed by atoms with E-state index in [0.717, 1.165) is 20.5 Å². The number of amides is 1. The molecule has 1 aliphatic heterocycles. The van der Waals surface area contributed by atoms with Crippen LogP contribution in [0.15, 0.2) is 57.9 Å². The first-order valence-electron chi connectivity index (χ1n) is 7.99. The summed E-state index contributed by atoms with van der Waals surface area (Å²) in [6, 6.07) is 11.2. The first-order chi connectivity index (χ1) is 13.3. The van der Waals surface area contributed by atoms with Crippen LogP contribution < -0.4 is 10.2 Å². The average molecular weight is 487 g/mol. The summed E-state index contributed by atoms with van der Waals surface area (Å²) >= 11 is 4.21. The highest BCUT2D eigenvalue weighted by Crippen LogP contribution is 2.31. The minimum atomic E-state index is -4.13. The predicted molar refractivity (Wildman–Crippen MR) is 106 cm³/mol. The van der Waals surface area contributed by atoms with Crippen molar-refractivity contribution in [3.05, 3.63) is 53.0 Å². The van der Waals surface area contributed by atoms with Crippen LogP contribution in [0.25, 0.3) is 0 Å². The number of hydrogen-bond donors (Lipinski definition) is 2. The zero-order valence-corrected chi connectivity index (χ0v) is 17.5. The van der Waals surface area contributed by atoms with E-state index in [1.165, 1.54) is 29.7 Å². The fraction of sp³-hybridized carbons (Fsp3) is 0.176. The highest BCUT2D eigenvalue weighted by atomic mass is 79.9. The van der Waals surface area contributed by atoms with Crippen LogP contribution in [0.3, 0.4) is 0 Å². The number of halogens is 1. The molecule has 2 N–H and O–H groups in total. The van der Waals surface area contributed by atoms with Crippen molar-refractivity contribution in [1.29, 1.82) is 0 Å². The molecule has 1 heterocycles. The van der Waals surface area contributed by atoms with Crippen LogP contribution in [0.4, 0.5) is 0 Å². The quantitative estimate of drug-likeness (QED) is 0.378. The first-order valence-corrected chi connectivity index (χ1v) is 11.2. The molecule has 28 heavy (non-hydrogen) atoms. The normalized spacial score (nSPS) is 17.9. The Balaban J connectivity index is 1.86. The topological polar surface area (TPSA) is 113 Å². The Kier molecular flexibility index (Phi) is 6.40. The second kappa shape index (κ2) is 8.62. The van der Waals surface area contributed by atoms with Crippen molar-refractivity contribution in [2.24, 2.45) is 0 Å². The lowest BCUT2D eigenvalue weighted by Gasteiger charge is -2.31. The molecule has 0 radical (unpaired) electrons. The SMILES string of the molecule is O=C(NO)C1C(=O)SCCN1S(=O)(=O)c1ccc(Oc2ccccc2Br)cc1. The number of carbonyl (C=O) groups is 2. The van der Waals surface area contributed by atoms with E-state index in [9.17, 15) is 18.0 Å². The number of benzene rings is 2. The molecule has 8 nitrogen and oxygen atoms in total. The summed E-state index contributed by atoms with van der Waals surface area (Å²) < 4.78 is 33.1. The van der Waals surface area contributed by atoms with Gasteiger partial charge in [0.25, 0.3) is 5.91 Å². The number of ether oxygens (including phenoxy) is 1. The molecule has 0 aliphatic carbocycles. The van der Waals surface area contributed by atoms with E-state index in [4.69, 9.17) is 9.94 Å². The third kappa shape index (κ3) is 4.23. The Labute approximate surface area is 174 Å². The van der Waals surface area contributed by atoms with Crippen molar-refractivity contribution < 1.29 is 28.0 Å². The van der Waals surface area contributed by atoms with Gasteiger partial charge in [-0.1, -0.05) is 23.9 Å². The van der Waals surface area contributed by atoms with Crippen LogP contribution in [0, 0.1) is 0 Å². The van der Waals surface area contributed by atoms with Gasteiger partial charge in [-0.3, -0.25) is 14.8 Å². The number of nitrogens with zero attached hydrogens (tertiary/aromatic N) is 1. The number of sulfonamides is 1. The maximum absolute atomic E-state index is 12.9. The smallest absolute Gasteiger partial charge is 0.270 e. The van der Waals surface area contributed by atoms with Gasteiger partial charge in [-0.25, -0.2) is 13.9 Å². The number of rotatable bonds is 5. The molecule has 0 saturated carbocycles. The minimum Gasteiger partial charge on any atom is -0.456 e. The molecular formula is C17H15BrN2O6S2. The molecule has 1 aliphatic rings. The fourth-order valence-corrected chi connectivity index (χ4v) is 5.57. The molecule has 3 rings (SSSR count). The molecule has 148 valence electrons. The van der Waals surface area contributed by atoms with Gasteiger partial charge in [0.05, 0.1) is 9.37 Å². The number of hydrogen-bond acceptors (Lipinski definition) is 7. The summed E-state index contributed by atoms with van der Waals surface area (Å²) in [5, 5.41) is 8.21. The molecule has 2 aromatic rings. The van der Waals surface area contributed by atoms with Crippen molar-refractivity contribution in [3.63, 3.8) is 0 Å². The van der Waals surface area contributed by atoms with E-state index in [-0.39, 0.29) is 17.2 Å². The Morgan fingerprint density at radius 1 is 1.21 bits per heavy atom. The fourth-order valence-electron chi connectivity index (χ4n) is 2.59. The molecule has 11 heteroatoms. The van der Waals surface area contributed by atoms with Gasteiger partial charge in [0.2, 0.25) is 15.1 Å². The van der Waals surface area contributed by atoms with Crippen LogP contribution in [0.5, 0.6) is 11.5 Å². The summed E-state index contributed by atoms with van der Waals surface area (Å²) in [5.41, 5.74) is 1.36. The van der Waals surface area contributed by atoms with Crippen LogP contribution in [-0.2, 0) is 19.6 Å². The second-order valence-electron chi connectivity index (χ2n) is 5.67. The first kappa shape index (κ1) is 20.8. The molecule has 1 fully saturated rings. The summed E-state index contributed by atoms with van der Waals surface area (Å²) in [7, 11) is -4.13. The van der Waals surface area contributed by atoms with Gasteiger partial charge in [0, 0.05) is 12.3 Å². The number of para-hydroxylation sites is 1. The third-order valence-corrected chi connectivity index (χ3v) is 7.35. The molecule has 1 amide bonds. The van der Waals surface area contributed by atoms with Crippen molar-refractivity contribution in [2.45, 2.75) is 10.9 Å². The van der Waals surface area contributed by atoms with Crippen LogP contribution in [0.1, 0.15) is 0 Å². The standard InChI is InChI=1S/C17H15BrN2O6S2/c18-13-3-1-2-4-14(13)26-11-5-7-12(8-6-11)28(24,25)20-9-10-27-17(22)15(20)16(21)19-23/h1-8,15,23H,9-10H2,(H,19,21). The number of hydroxylamine groups is 1. The van der Waals surface area contributed by atoms with Crippen LogP contribution in [-0.4, -0.2) is 47.3 Å². The van der Waals surface area contributed by atoms with Gasteiger partial charge in [-0.05, 0) is 52.3 Å². The maximum Gasteiger partial charge on any atom is 0.270 e. The largest absolute Gasteiger partial charge is 0.456 e. The van der Waals surface area contributed by atoms with Crippen molar-refractivity contribution in [2.75, 3.05) is 12.3 Å². The zero-order chi connectivity index (χ0) is 20.3. The molecule has 1 atom stereocenters. The van der Waals surface area contributed by atoms with Gasteiger partial charge in [0.1, 0.15) is 11.5 Å². The lowest BCUT2D eigenvalue weighted by Crippen LogP contribution is -2.55. The molecular weight excluding hydrogens is 472 g/mol. The Bertz CT molecular complexity index is 989. The van der Waals surface area contributed by atoms with Crippen molar-refractivity contribution in [1.82, 2.24) is 9.79 Å². The van der Waals surface area contributed by atoms with E-state index >= 15 is 0 Å². The molecule has 1 unspecified atom stereocenters. The molecule has 0 aromatic heterocycles. The lowest BCUT2D eigenvalue weighted by atomic mass is 10.3. The van der Waals surface area contributed by atoms with Gasteiger partial charge >= 0.3 is 0 Å². The van der Waals surface area contributed by atoms with E-state index in [1.807, 2.05) is 12.1 Å². The van der Waals surface area contributed by atoms with E-state index in [0.29, 0.717) is 11.5 Å². The molecule has 2 aromatic carbocycles. The summed E-state index contributed by atoms with van der Waals surface area (Å²) in [5.74, 6) is 0.114. The lowest BCUT2D eigenvalue weighted by molar-refractivity contribution is -0.136. The van der Waals surface area contributed by atoms with Gasteiger partial charge < -0.3 is 4.74 Å². The third-order valence-electron chi connectivity index (χ3n) is 3.92. The molecule has 0 bridgehead atoms. The van der Waals surface area contributed by atoms with Crippen LogP contribution >= 0.6 is 27.7 Å².